The van der Waals surface area contributed by atoms with Crippen molar-refractivity contribution in [2.24, 2.45) is 7.05 Å². The normalized spacial score (nSPS) is 10.6. The lowest BCUT2D eigenvalue weighted by molar-refractivity contribution is 0.112. The molecule has 0 N–H and O–H groups in total. The van der Waals surface area contributed by atoms with Crippen LogP contribution in [0.4, 0.5) is 4.39 Å². The number of aryl methyl sites for hydroxylation is 1. The van der Waals surface area contributed by atoms with Crippen molar-refractivity contribution >= 4 is 17.2 Å². The first kappa shape index (κ1) is 7.91. The maximum absolute atomic E-state index is 13.2. The Morgan fingerprint density at radius 2 is 2.31 bits per heavy atom. The molecule has 0 saturated heterocycles. The first-order valence-corrected chi connectivity index (χ1v) is 3.79. The topological polar surface area (TPSA) is 34.9 Å². The smallest absolute Gasteiger partial charge is 0.150 e. The highest BCUT2D eigenvalue weighted by Crippen LogP contribution is 2.18. The molecular weight excluding hydrogens is 171 g/mol. The van der Waals surface area contributed by atoms with Crippen LogP contribution in [0.2, 0.25) is 0 Å². The number of hydrogen-bond acceptors (Lipinski definition) is 2. The Morgan fingerprint density at radius 1 is 1.54 bits per heavy atom. The number of carbonyl (C=O) groups excluding carboxylic acids is 1. The van der Waals surface area contributed by atoms with Crippen molar-refractivity contribution in [2.45, 2.75) is 0 Å². The van der Waals surface area contributed by atoms with Crippen LogP contribution >= 0.6 is 0 Å². The summed E-state index contributed by atoms with van der Waals surface area (Å²) in [5.41, 5.74) is 0.954. The van der Waals surface area contributed by atoms with E-state index in [-0.39, 0.29) is 0 Å². The van der Waals surface area contributed by atoms with E-state index in [1.54, 1.807) is 13.1 Å². The average molecular weight is 178 g/mol. The SMILES string of the molecule is Cn1ncc2c(F)cc(C=O)cc21. The van der Waals surface area contributed by atoms with E-state index in [0.29, 0.717) is 22.8 Å². The van der Waals surface area contributed by atoms with E-state index in [1.807, 2.05) is 0 Å². The van der Waals surface area contributed by atoms with E-state index in [4.69, 9.17) is 0 Å². The van der Waals surface area contributed by atoms with Crippen LogP contribution in [0.25, 0.3) is 10.9 Å². The minimum absolute atomic E-state index is 0.327. The van der Waals surface area contributed by atoms with Gasteiger partial charge in [-0.2, -0.15) is 5.10 Å². The van der Waals surface area contributed by atoms with Crippen LogP contribution in [0, 0.1) is 5.82 Å². The Morgan fingerprint density at radius 3 is 3.00 bits per heavy atom. The molecule has 0 saturated carbocycles. The van der Waals surface area contributed by atoms with Crippen molar-refractivity contribution in [3.63, 3.8) is 0 Å². The van der Waals surface area contributed by atoms with Gasteiger partial charge in [0.2, 0.25) is 0 Å². The number of nitrogens with zero attached hydrogens (tertiary/aromatic N) is 2. The van der Waals surface area contributed by atoms with E-state index in [9.17, 15) is 9.18 Å². The summed E-state index contributed by atoms with van der Waals surface area (Å²) in [6.45, 7) is 0. The molecule has 0 unspecified atom stereocenters. The number of rotatable bonds is 1. The van der Waals surface area contributed by atoms with Gasteiger partial charge in [-0.3, -0.25) is 9.48 Å². The summed E-state index contributed by atoms with van der Waals surface area (Å²) in [4.78, 5) is 10.4. The molecule has 3 nitrogen and oxygen atoms in total. The van der Waals surface area contributed by atoms with Crippen LogP contribution in [-0.4, -0.2) is 16.1 Å². The number of hydrogen-bond donors (Lipinski definition) is 0. The molecule has 2 rings (SSSR count). The molecule has 1 aromatic heterocycles. The van der Waals surface area contributed by atoms with Crippen molar-refractivity contribution in [2.75, 3.05) is 0 Å². The zero-order valence-electron chi connectivity index (χ0n) is 6.99. The lowest BCUT2D eigenvalue weighted by Crippen LogP contribution is -1.91. The Bertz CT molecular complexity index is 476. The predicted octanol–water partition coefficient (Wildman–Crippen LogP) is 1.52. The molecule has 2 aromatic rings. The van der Waals surface area contributed by atoms with Gasteiger partial charge in [-0.05, 0) is 12.1 Å². The molecule has 66 valence electrons. The Labute approximate surface area is 73.8 Å². The summed E-state index contributed by atoms with van der Waals surface area (Å²) in [7, 11) is 1.70. The summed E-state index contributed by atoms with van der Waals surface area (Å²) < 4.78 is 14.8. The summed E-state index contributed by atoms with van der Waals surface area (Å²) in [6, 6.07) is 2.81. The van der Waals surface area contributed by atoms with E-state index < -0.39 is 5.82 Å². The Hall–Kier alpha value is -1.71. The zero-order chi connectivity index (χ0) is 9.42. The number of halogens is 1. The van der Waals surface area contributed by atoms with Crippen LogP contribution in [0.3, 0.4) is 0 Å². The number of aromatic nitrogens is 2. The van der Waals surface area contributed by atoms with Crippen molar-refractivity contribution < 1.29 is 9.18 Å². The summed E-state index contributed by atoms with van der Waals surface area (Å²) in [5, 5.41) is 4.33. The minimum atomic E-state index is -0.410. The summed E-state index contributed by atoms with van der Waals surface area (Å²) in [5.74, 6) is -0.410. The fourth-order valence-electron chi connectivity index (χ4n) is 1.29. The van der Waals surface area contributed by atoms with Gasteiger partial charge in [-0.25, -0.2) is 4.39 Å². The van der Waals surface area contributed by atoms with Crippen LogP contribution < -0.4 is 0 Å². The maximum atomic E-state index is 13.2. The fourth-order valence-corrected chi connectivity index (χ4v) is 1.29. The van der Waals surface area contributed by atoms with Crippen LogP contribution in [0.1, 0.15) is 10.4 Å². The fraction of sp³-hybridized carbons (Fsp3) is 0.111. The van der Waals surface area contributed by atoms with Crippen LogP contribution in [0.15, 0.2) is 18.3 Å². The summed E-state index contributed by atoms with van der Waals surface area (Å²) in [6.07, 6.45) is 2.06. The second kappa shape index (κ2) is 2.65. The van der Waals surface area contributed by atoms with Crippen LogP contribution in [0.5, 0.6) is 0 Å². The van der Waals surface area contributed by atoms with Gasteiger partial charge in [0.05, 0.1) is 17.1 Å². The molecule has 0 atom stereocenters. The van der Waals surface area contributed by atoms with Crippen molar-refractivity contribution in [1.82, 2.24) is 9.78 Å². The lowest BCUT2D eigenvalue weighted by atomic mass is 10.2. The molecule has 0 aliphatic heterocycles. The highest BCUT2D eigenvalue weighted by Gasteiger charge is 2.06. The molecule has 0 fully saturated rings. The molecular formula is C9H7FN2O. The molecule has 0 bridgehead atoms. The monoisotopic (exact) mass is 178 g/mol. The molecule has 0 amide bonds. The Kier molecular flexibility index (Phi) is 1.62. The highest BCUT2D eigenvalue weighted by molar-refractivity contribution is 5.87. The van der Waals surface area contributed by atoms with E-state index in [0.717, 1.165) is 0 Å². The minimum Gasteiger partial charge on any atom is -0.298 e. The van der Waals surface area contributed by atoms with Gasteiger partial charge >= 0.3 is 0 Å². The molecule has 0 aliphatic rings. The standard InChI is InChI=1S/C9H7FN2O/c1-12-9-3-6(5-13)2-8(10)7(9)4-11-12/h2-5H,1H3. The second-order valence-corrected chi connectivity index (χ2v) is 2.82. The number of benzene rings is 1. The lowest BCUT2D eigenvalue weighted by Gasteiger charge is -1.96. The molecule has 0 spiro atoms. The third-order valence-electron chi connectivity index (χ3n) is 1.97. The van der Waals surface area contributed by atoms with Gasteiger partial charge in [0.15, 0.2) is 0 Å². The van der Waals surface area contributed by atoms with Crippen molar-refractivity contribution in [1.29, 1.82) is 0 Å². The predicted molar refractivity (Wildman–Crippen MR) is 46.1 cm³/mol. The van der Waals surface area contributed by atoms with Crippen molar-refractivity contribution in [3.8, 4) is 0 Å². The van der Waals surface area contributed by atoms with Gasteiger partial charge in [-0.1, -0.05) is 0 Å². The van der Waals surface area contributed by atoms with E-state index in [1.165, 1.54) is 16.9 Å². The number of carbonyl (C=O) groups is 1. The van der Waals surface area contributed by atoms with Gasteiger partial charge in [0, 0.05) is 12.6 Å². The van der Waals surface area contributed by atoms with Gasteiger partial charge in [0.1, 0.15) is 12.1 Å². The zero-order valence-corrected chi connectivity index (χ0v) is 6.99. The number of fused-ring (bicyclic) bond motifs is 1. The molecule has 0 aliphatic carbocycles. The molecule has 1 heterocycles. The first-order valence-electron chi connectivity index (χ1n) is 3.79. The molecule has 0 radical (unpaired) electrons. The van der Waals surface area contributed by atoms with Crippen LogP contribution in [-0.2, 0) is 7.05 Å². The maximum Gasteiger partial charge on any atom is 0.150 e. The summed E-state index contributed by atoms with van der Waals surface area (Å²) >= 11 is 0. The first-order chi connectivity index (χ1) is 6.22. The quantitative estimate of drug-likeness (QED) is 0.620. The van der Waals surface area contributed by atoms with E-state index >= 15 is 0 Å². The van der Waals surface area contributed by atoms with E-state index in [2.05, 4.69) is 5.10 Å². The third kappa shape index (κ3) is 1.11. The third-order valence-corrected chi connectivity index (χ3v) is 1.97. The van der Waals surface area contributed by atoms with Gasteiger partial charge < -0.3 is 0 Å². The second-order valence-electron chi connectivity index (χ2n) is 2.82. The molecule has 4 heteroatoms. The van der Waals surface area contributed by atoms with Gasteiger partial charge in [-0.15, -0.1) is 0 Å². The largest absolute Gasteiger partial charge is 0.298 e. The highest BCUT2D eigenvalue weighted by atomic mass is 19.1. The Balaban J connectivity index is 2.87. The van der Waals surface area contributed by atoms with Gasteiger partial charge in [0.25, 0.3) is 0 Å². The average Bonchev–Trinajstić information content (AvgIpc) is 2.48. The number of aldehydes is 1. The molecule has 1 aromatic carbocycles. The molecule has 13 heavy (non-hydrogen) atoms. The van der Waals surface area contributed by atoms with Crippen molar-refractivity contribution in [3.05, 3.63) is 29.7 Å².